The highest BCUT2D eigenvalue weighted by atomic mass is 35.5. The van der Waals surface area contributed by atoms with E-state index < -0.39 is 0 Å². The molecule has 0 aromatic heterocycles. The second-order valence-corrected chi connectivity index (χ2v) is 7.11. The van der Waals surface area contributed by atoms with Gasteiger partial charge in [-0.2, -0.15) is 0 Å². The molecule has 0 amide bonds. The van der Waals surface area contributed by atoms with Crippen molar-refractivity contribution in [3.8, 4) is 0 Å². The van der Waals surface area contributed by atoms with Crippen molar-refractivity contribution in [2.24, 2.45) is 11.8 Å². The number of halogens is 2. The number of ketones is 1. The zero-order chi connectivity index (χ0) is 16.2. The molecule has 1 fully saturated rings. The van der Waals surface area contributed by atoms with Gasteiger partial charge in [0.05, 0.1) is 10.8 Å². The van der Waals surface area contributed by atoms with Crippen molar-refractivity contribution in [1.82, 2.24) is 0 Å². The Labute approximate surface area is 147 Å². The fourth-order valence-corrected chi connectivity index (χ4v) is 4.23. The molecule has 4 atom stereocenters. The molecule has 2 aromatic rings. The van der Waals surface area contributed by atoms with Crippen molar-refractivity contribution in [3.05, 3.63) is 71.8 Å². The molecule has 0 heterocycles. The topological polar surface area (TPSA) is 17.1 Å². The summed E-state index contributed by atoms with van der Waals surface area (Å²) in [6, 6.07) is 19.7. The third kappa shape index (κ3) is 3.62. The quantitative estimate of drug-likeness (QED) is 0.626. The van der Waals surface area contributed by atoms with Crippen molar-refractivity contribution >= 4 is 29.0 Å². The number of rotatable bonds is 4. The van der Waals surface area contributed by atoms with Crippen LogP contribution in [0.4, 0.5) is 0 Å². The van der Waals surface area contributed by atoms with Gasteiger partial charge in [0.15, 0.2) is 0 Å². The van der Waals surface area contributed by atoms with E-state index in [1.54, 1.807) is 0 Å². The van der Waals surface area contributed by atoms with Crippen LogP contribution in [0.25, 0.3) is 0 Å². The number of benzene rings is 2. The third-order valence-electron chi connectivity index (χ3n) is 4.70. The predicted molar refractivity (Wildman–Crippen MR) is 95.9 cm³/mol. The van der Waals surface area contributed by atoms with Crippen LogP contribution in [-0.2, 0) is 4.79 Å². The third-order valence-corrected chi connectivity index (χ3v) is 5.82. The second-order valence-electron chi connectivity index (χ2n) is 6.17. The van der Waals surface area contributed by atoms with Gasteiger partial charge in [-0.05, 0) is 24.0 Å². The first-order valence-electron chi connectivity index (χ1n) is 8.10. The number of carbonyl (C=O) groups is 1. The van der Waals surface area contributed by atoms with Gasteiger partial charge in [-0.15, -0.1) is 23.2 Å². The number of alkyl halides is 2. The van der Waals surface area contributed by atoms with Crippen molar-refractivity contribution in [2.45, 2.75) is 30.0 Å². The van der Waals surface area contributed by atoms with Crippen LogP contribution in [0.2, 0.25) is 0 Å². The Morgan fingerprint density at radius 1 is 0.739 bits per heavy atom. The zero-order valence-electron chi connectivity index (χ0n) is 12.9. The lowest BCUT2D eigenvalue weighted by molar-refractivity contribution is -0.129. The van der Waals surface area contributed by atoms with E-state index in [0.29, 0.717) is 0 Å². The van der Waals surface area contributed by atoms with E-state index >= 15 is 0 Å². The summed E-state index contributed by atoms with van der Waals surface area (Å²) in [5, 5.41) is -0.544. The molecule has 0 bridgehead atoms. The van der Waals surface area contributed by atoms with Crippen LogP contribution < -0.4 is 0 Å². The normalized spacial score (nSPS) is 24.2. The Bertz CT molecular complexity index is 586. The summed E-state index contributed by atoms with van der Waals surface area (Å²) in [6.45, 7) is 0. The van der Waals surface area contributed by atoms with E-state index in [4.69, 9.17) is 23.2 Å². The average molecular weight is 347 g/mol. The van der Waals surface area contributed by atoms with Crippen molar-refractivity contribution in [2.75, 3.05) is 0 Å². The summed E-state index contributed by atoms with van der Waals surface area (Å²) < 4.78 is 0. The highest BCUT2D eigenvalue weighted by Crippen LogP contribution is 2.44. The number of carbonyl (C=O) groups excluding carboxylic acids is 1. The second kappa shape index (κ2) is 7.51. The minimum atomic E-state index is -0.272. The van der Waals surface area contributed by atoms with Gasteiger partial charge in [-0.25, -0.2) is 0 Å². The molecule has 0 aliphatic heterocycles. The Balaban J connectivity index is 1.79. The van der Waals surface area contributed by atoms with E-state index in [0.717, 1.165) is 30.4 Å². The van der Waals surface area contributed by atoms with Crippen LogP contribution in [-0.4, -0.2) is 5.78 Å². The van der Waals surface area contributed by atoms with Crippen LogP contribution in [0.3, 0.4) is 0 Å². The summed E-state index contributed by atoms with van der Waals surface area (Å²) in [5.74, 6) is -0.0884. The number of hydrogen-bond acceptors (Lipinski definition) is 1. The maximum atomic E-state index is 13.0. The molecule has 1 aliphatic carbocycles. The van der Waals surface area contributed by atoms with Gasteiger partial charge >= 0.3 is 0 Å². The molecule has 1 aliphatic rings. The molecule has 0 N–H and O–H groups in total. The molecule has 3 heteroatoms. The minimum Gasteiger partial charge on any atom is -0.299 e. The summed E-state index contributed by atoms with van der Waals surface area (Å²) in [4.78, 5) is 13.0. The molecule has 23 heavy (non-hydrogen) atoms. The monoisotopic (exact) mass is 346 g/mol. The fourth-order valence-electron chi connectivity index (χ4n) is 3.44. The molecular formula is C20H20Cl2O. The Hall–Kier alpha value is -1.31. The van der Waals surface area contributed by atoms with E-state index in [9.17, 15) is 4.79 Å². The van der Waals surface area contributed by atoms with Gasteiger partial charge in [0.25, 0.3) is 0 Å². The molecule has 1 nitrogen and oxygen atoms in total. The van der Waals surface area contributed by atoms with Crippen molar-refractivity contribution < 1.29 is 4.79 Å². The van der Waals surface area contributed by atoms with Gasteiger partial charge in [-0.1, -0.05) is 67.1 Å². The maximum absolute atomic E-state index is 13.0. The molecule has 3 rings (SSSR count). The first-order chi connectivity index (χ1) is 11.2. The molecule has 0 radical (unpaired) electrons. The highest BCUT2D eigenvalue weighted by Gasteiger charge is 2.39. The largest absolute Gasteiger partial charge is 0.299 e. The minimum absolute atomic E-state index is 0.150. The van der Waals surface area contributed by atoms with Crippen LogP contribution in [0.5, 0.6) is 0 Å². The van der Waals surface area contributed by atoms with E-state index in [-0.39, 0.29) is 28.4 Å². The van der Waals surface area contributed by atoms with E-state index in [2.05, 4.69) is 0 Å². The zero-order valence-corrected chi connectivity index (χ0v) is 14.4. The van der Waals surface area contributed by atoms with Crippen LogP contribution in [0.15, 0.2) is 60.7 Å². The molecule has 0 saturated heterocycles. The van der Waals surface area contributed by atoms with Crippen LogP contribution in [0, 0.1) is 11.8 Å². The van der Waals surface area contributed by atoms with Crippen LogP contribution in [0.1, 0.15) is 41.1 Å². The van der Waals surface area contributed by atoms with Crippen molar-refractivity contribution in [1.29, 1.82) is 0 Å². The van der Waals surface area contributed by atoms with Gasteiger partial charge in [-0.3, -0.25) is 4.79 Å². The lowest BCUT2D eigenvalue weighted by Gasteiger charge is -2.33. The first kappa shape index (κ1) is 16.5. The number of hydrogen-bond donors (Lipinski definition) is 0. The summed E-state index contributed by atoms with van der Waals surface area (Å²) in [7, 11) is 0. The average Bonchev–Trinajstić information content (AvgIpc) is 2.62. The lowest BCUT2D eigenvalue weighted by Crippen LogP contribution is -2.33. The Morgan fingerprint density at radius 2 is 1.13 bits per heavy atom. The standard InChI is InChI=1S/C20H20Cl2O/c21-18(14-8-3-1-4-9-14)16-12-7-13-17(20(16)23)19(22)15-10-5-2-6-11-15/h1-6,8-11,16-19H,7,12-13H2. The lowest BCUT2D eigenvalue weighted by atomic mass is 9.75. The van der Waals surface area contributed by atoms with Gasteiger partial charge in [0.2, 0.25) is 0 Å². The summed E-state index contributed by atoms with van der Waals surface area (Å²) in [5.41, 5.74) is 2.03. The van der Waals surface area contributed by atoms with Crippen LogP contribution >= 0.6 is 23.2 Å². The Morgan fingerprint density at radius 3 is 1.52 bits per heavy atom. The number of Topliss-reactive ketones (excluding diaryl/α,β-unsaturated/α-hetero) is 1. The fraction of sp³-hybridized carbons (Fsp3) is 0.350. The molecule has 0 spiro atoms. The van der Waals surface area contributed by atoms with Gasteiger partial charge in [0, 0.05) is 11.8 Å². The van der Waals surface area contributed by atoms with E-state index in [1.165, 1.54) is 0 Å². The molecular weight excluding hydrogens is 327 g/mol. The van der Waals surface area contributed by atoms with Crippen molar-refractivity contribution in [3.63, 3.8) is 0 Å². The smallest absolute Gasteiger partial charge is 0.142 e. The molecule has 120 valence electrons. The summed E-state index contributed by atoms with van der Waals surface area (Å²) >= 11 is 13.3. The predicted octanol–water partition coefficient (Wildman–Crippen LogP) is 5.93. The maximum Gasteiger partial charge on any atom is 0.142 e. The van der Waals surface area contributed by atoms with Gasteiger partial charge in [0.1, 0.15) is 5.78 Å². The van der Waals surface area contributed by atoms with E-state index in [1.807, 2.05) is 60.7 Å². The van der Waals surface area contributed by atoms with Gasteiger partial charge < -0.3 is 0 Å². The first-order valence-corrected chi connectivity index (χ1v) is 8.97. The SMILES string of the molecule is O=C1C(C(Cl)c2ccccc2)CCCC1C(Cl)c1ccccc1. The molecule has 1 saturated carbocycles. The summed E-state index contributed by atoms with van der Waals surface area (Å²) in [6.07, 6.45) is 2.68. The highest BCUT2D eigenvalue weighted by molar-refractivity contribution is 6.24. The Kier molecular flexibility index (Phi) is 5.40. The molecule has 2 aromatic carbocycles. The molecule has 4 unspecified atom stereocenters.